The molecule has 15 heavy (non-hydrogen) atoms. The number of alkyl halides is 1. The quantitative estimate of drug-likeness (QED) is 0.752. The maximum atomic E-state index is 12.0. The van der Waals surface area contributed by atoms with E-state index in [1.54, 1.807) is 0 Å². The van der Waals surface area contributed by atoms with Gasteiger partial charge in [-0.15, -0.1) is 0 Å². The lowest BCUT2D eigenvalue weighted by atomic mass is 10.3. The summed E-state index contributed by atoms with van der Waals surface area (Å²) in [6, 6.07) is 0. The summed E-state index contributed by atoms with van der Waals surface area (Å²) in [4.78, 5) is 11.5. The van der Waals surface area contributed by atoms with Crippen molar-refractivity contribution in [3.63, 3.8) is 0 Å². The van der Waals surface area contributed by atoms with E-state index in [1.165, 1.54) is 10.9 Å². The lowest BCUT2D eigenvalue weighted by molar-refractivity contribution is 0.0948. The van der Waals surface area contributed by atoms with Gasteiger partial charge in [-0.3, -0.25) is 9.48 Å². The molecule has 6 heteroatoms. The minimum absolute atomic E-state index is 0.116. The monoisotopic (exact) mass is 214 g/mol. The second kappa shape index (κ2) is 5.33. The molecular weight excluding hydrogens is 199 g/mol. The lowest BCUT2D eigenvalue weighted by Crippen LogP contribution is -2.25. The number of hydrogen-bond donors (Lipinski definition) is 2. The zero-order valence-electron chi connectivity index (χ0n) is 8.66. The summed E-state index contributed by atoms with van der Waals surface area (Å²) >= 11 is 0. The first-order valence-electron chi connectivity index (χ1n) is 4.86. The van der Waals surface area contributed by atoms with E-state index in [0.29, 0.717) is 6.54 Å². The third kappa shape index (κ3) is 2.93. The summed E-state index contributed by atoms with van der Waals surface area (Å²) in [7, 11) is 0. The molecule has 0 bridgehead atoms. The number of nitrogens with two attached hydrogens (primary N) is 1. The maximum absolute atomic E-state index is 12.0. The molecule has 0 spiro atoms. The van der Waals surface area contributed by atoms with E-state index in [2.05, 4.69) is 10.4 Å². The summed E-state index contributed by atoms with van der Waals surface area (Å²) in [6.07, 6.45) is 2.30. The van der Waals surface area contributed by atoms with Gasteiger partial charge >= 0.3 is 0 Å². The van der Waals surface area contributed by atoms with Gasteiger partial charge in [0.1, 0.15) is 6.67 Å². The standard InChI is InChI=1S/C9H15FN4O/c1-2-4-12-9(15)8-7(11)6-14(13-8)5-3-10/h6H,2-5,11H2,1H3,(H,12,15). The van der Waals surface area contributed by atoms with Crippen molar-refractivity contribution in [2.45, 2.75) is 19.9 Å². The highest BCUT2D eigenvalue weighted by Crippen LogP contribution is 2.08. The number of aryl methyl sites for hydroxylation is 1. The van der Waals surface area contributed by atoms with E-state index in [4.69, 9.17) is 5.73 Å². The molecule has 0 aliphatic rings. The van der Waals surface area contributed by atoms with Gasteiger partial charge in [0.2, 0.25) is 0 Å². The van der Waals surface area contributed by atoms with Crippen molar-refractivity contribution in [1.82, 2.24) is 15.1 Å². The van der Waals surface area contributed by atoms with Crippen LogP contribution in [0, 0.1) is 0 Å². The van der Waals surface area contributed by atoms with Crippen molar-refractivity contribution in [3.05, 3.63) is 11.9 Å². The molecule has 0 atom stereocenters. The lowest BCUT2D eigenvalue weighted by Gasteiger charge is -2.00. The highest BCUT2D eigenvalue weighted by molar-refractivity contribution is 5.96. The molecule has 5 nitrogen and oxygen atoms in total. The first-order chi connectivity index (χ1) is 7.19. The van der Waals surface area contributed by atoms with Gasteiger partial charge in [0.05, 0.1) is 12.2 Å². The predicted octanol–water partition coefficient (Wildman–Crippen LogP) is 0.575. The largest absolute Gasteiger partial charge is 0.396 e. The van der Waals surface area contributed by atoms with Gasteiger partial charge in [0.25, 0.3) is 5.91 Å². The average Bonchev–Trinajstić information content (AvgIpc) is 2.57. The Hall–Kier alpha value is -1.59. The van der Waals surface area contributed by atoms with E-state index in [1.807, 2.05) is 6.92 Å². The topological polar surface area (TPSA) is 72.9 Å². The zero-order valence-corrected chi connectivity index (χ0v) is 8.66. The van der Waals surface area contributed by atoms with Gasteiger partial charge in [-0.1, -0.05) is 6.92 Å². The molecule has 84 valence electrons. The van der Waals surface area contributed by atoms with Crippen LogP contribution in [0.25, 0.3) is 0 Å². The van der Waals surface area contributed by atoms with Crippen LogP contribution in [0.4, 0.5) is 10.1 Å². The van der Waals surface area contributed by atoms with Crippen molar-refractivity contribution in [1.29, 1.82) is 0 Å². The van der Waals surface area contributed by atoms with Crippen molar-refractivity contribution in [3.8, 4) is 0 Å². The Morgan fingerprint density at radius 1 is 1.73 bits per heavy atom. The molecule has 0 saturated heterocycles. The number of hydrogen-bond acceptors (Lipinski definition) is 3. The van der Waals surface area contributed by atoms with E-state index < -0.39 is 6.67 Å². The van der Waals surface area contributed by atoms with Gasteiger partial charge < -0.3 is 11.1 Å². The van der Waals surface area contributed by atoms with Gasteiger partial charge in [0, 0.05) is 12.7 Å². The Balaban J connectivity index is 2.71. The minimum atomic E-state index is -0.531. The Morgan fingerprint density at radius 2 is 2.47 bits per heavy atom. The molecule has 0 aliphatic carbocycles. The molecule has 0 fully saturated rings. The number of nitrogens with one attached hydrogen (secondary N) is 1. The van der Waals surface area contributed by atoms with Gasteiger partial charge in [-0.25, -0.2) is 4.39 Å². The van der Waals surface area contributed by atoms with Crippen LogP contribution in [0.3, 0.4) is 0 Å². The first-order valence-corrected chi connectivity index (χ1v) is 4.86. The van der Waals surface area contributed by atoms with Gasteiger partial charge in [-0.05, 0) is 6.42 Å². The Kier molecular flexibility index (Phi) is 4.08. The van der Waals surface area contributed by atoms with E-state index in [-0.39, 0.29) is 23.8 Å². The van der Waals surface area contributed by atoms with Crippen molar-refractivity contribution < 1.29 is 9.18 Å². The zero-order chi connectivity index (χ0) is 11.3. The number of amides is 1. The van der Waals surface area contributed by atoms with Crippen LogP contribution in [-0.4, -0.2) is 28.9 Å². The molecule has 1 amide bonds. The Morgan fingerprint density at radius 3 is 3.07 bits per heavy atom. The van der Waals surface area contributed by atoms with Crippen molar-refractivity contribution in [2.24, 2.45) is 0 Å². The van der Waals surface area contributed by atoms with Crippen LogP contribution < -0.4 is 11.1 Å². The van der Waals surface area contributed by atoms with Gasteiger partial charge in [0.15, 0.2) is 5.69 Å². The number of nitrogens with zero attached hydrogens (tertiary/aromatic N) is 2. The fourth-order valence-corrected chi connectivity index (χ4v) is 1.14. The van der Waals surface area contributed by atoms with Crippen LogP contribution in [-0.2, 0) is 6.54 Å². The molecule has 1 heterocycles. The van der Waals surface area contributed by atoms with Crippen molar-refractivity contribution >= 4 is 11.6 Å². The van der Waals surface area contributed by atoms with Crippen LogP contribution in [0.15, 0.2) is 6.20 Å². The molecule has 1 aromatic heterocycles. The van der Waals surface area contributed by atoms with Crippen LogP contribution in [0.2, 0.25) is 0 Å². The predicted molar refractivity (Wildman–Crippen MR) is 55.2 cm³/mol. The summed E-state index contributed by atoms with van der Waals surface area (Å²) in [6.45, 7) is 2.11. The van der Waals surface area contributed by atoms with E-state index in [9.17, 15) is 9.18 Å². The number of halogens is 1. The summed E-state index contributed by atoms with van der Waals surface area (Å²) in [5.41, 5.74) is 6.02. The van der Waals surface area contributed by atoms with Crippen LogP contribution >= 0.6 is 0 Å². The molecule has 0 saturated carbocycles. The molecule has 0 unspecified atom stereocenters. The second-order valence-electron chi connectivity index (χ2n) is 3.14. The Bertz CT molecular complexity index is 337. The number of nitrogen functional groups attached to an aromatic ring is 1. The maximum Gasteiger partial charge on any atom is 0.273 e. The molecule has 0 radical (unpaired) electrons. The number of rotatable bonds is 5. The fourth-order valence-electron chi connectivity index (χ4n) is 1.14. The van der Waals surface area contributed by atoms with Gasteiger partial charge in [-0.2, -0.15) is 5.10 Å². The summed E-state index contributed by atoms with van der Waals surface area (Å²) in [5, 5.41) is 6.55. The number of anilines is 1. The Labute approximate surface area is 87.4 Å². The molecule has 1 rings (SSSR count). The second-order valence-corrected chi connectivity index (χ2v) is 3.14. The fraction of sp³-hybridized carbons (Fsp3) is 0.556. The minimum Gasteiger partial charge on any atom is -0.396 e. The summed E-state index contributed by atoms with van der Waals surface area (Å²) in [5.74, 6) is -0.313. The normalized spacial score (nSPS) is 10.3. The first kappa shape index (κ1) is 11.5. The third-order valence-corrected chi connectivity index (χ3v) is 1.85. The molecular formula is C9H15FN4O. The molecule has 3 N–H and O–H groups in total. The summed E-state index contributed by atoms with van der Waals surface area (Å²) < 4.78 is 13.4. The van der Waals surface area contributed by atoms with Crippen molar-refractivity contribution in [2.75, 3.05) is 19.0 Å². The average molecular weight is 214 g/mol. The molecule has 0 aliphatic heterocycles. The van der Waals surface area contributed by atoms with E-state index >= 15 is 0 Å². The SMILES string of the molecule is CCCNC(=O)c1nn(CCF)cc1N. The van der Waals surface area contributed by atoms with E-state index in [0.717, 1.165) is 6.42 Å². The number of carbonyl (C=O) groups is 1. The third-order valence-electron chi connectivity index (χ3n) is 1.85. The highest BCUT2D eigenvalue weighted by atomic mass is 19.1. The van der Waals surface area contributed by atoms with Crippen LogP contribution in [0.1, 0.15) is 23.8 Å². The smallest absolute Gasteiger partial charge is 0.273 e. The number of aromatic nitrogens is 2. The molecule has 0 aromatic carbocycles. The molecule has 1 aromatic rings. The highest BCUT2D eigenvalue weighted by Gasteiger charge is 2.13. The number of carbonyl (C=O) groups excluding carboxylic acids is 1. The van der Waals surface area contributed by atoms with Crippen LogP contribution in [0.5, 0.6) is 0 Å².